The Bertz CT molecular complexity index is 656. The fourth-order valence-corrected chi connectivity index (χ4v) is 2.17. The highest BCUT2D eigenvalue weighted by Crippen LogP contribution is 2.20. The molecule has 0 heterocycles. The summed E-state index contributed by atoms with van der Waals surface area (Å²) < 4.78 is 27.6. The summed E-state index contributed by atoms with van der Waals surface area (Å²) in [6, 6.07) is 11.0. The van der Waals surface area contributed by atoms with Crippen molar-refractivity contribution >= 4 is 11.5 Å². The maximum absolute atomic E-state index is 14.3. The van der Waals surface area contributed by atoms with Gasteiger partial charge in [0.1, 0.15) is 17.5 Å². The molecule has 21 heavy (non-hydrogen) atoms. The van der Waals surface area contributed by atoms with E-state index in [4.69, 9.17) is 11.1 Å². The molecule has 0 bridgehead atoms. The lowest BCUT2D eigenvalue weighted by molar-refractivity contribution is 0.601. The van der Waals surface area contributed by atoms with Crippen LogP contribution in [-0.4, -0.2) is 12.4 Å². The summed E-state index contributed by atoms with van der Waals surface area (Å²) in [6.07, 6.45) is 0. The SMILES string of the molecule is CCN(Cc1cccc(C(=N)N)c1F)c1cccc(F)c1. The monoisotopic (exact) mass is 289 g/mol. The molecule has 0 aromatic heterocycles. The van der Waals surface area contributed by atoms with E-state index in [1.807, 2.05) is 11.8 Å². The second-order valence-corrected chi connectivity index (χ2v) is 4.69. The van der Waals surface area contributed by atoms with E-state index in [0.29, 0.717) is 17.8 Å². The van der Waals surface area contributed by atoms with Crippen molar-refractivity contribution in [2.24, 2.45) is 5.73 Å². The second kappa shape index (κ2) is 6.35. The molecule has 2 rings (SSSR count). The fourth-order valence-electron chi connectivity index (χ4n) is 2.17. The number of nitrogens with zero attached hydrogens (tertiary/aromatic N) is 1. The van der Waals surface area contributed by atoms with Crippen LogP contribution in [0.4, 0.5) is 14.5 Å². The third kappa shape index (κ3) is 3.37. The summed E-state index contributed by atoms with van der Waals surface area (Å²) >= 11 is 0. The topological polar surface area (TPSA) is 53.1 Å². The lowest BCUT2D eigenvalue weighted by atomic mass is 10.1. The lowest BCUT2D eigenvalue weighted by Crippen LogP contribution is -2.23. The molecule has 0 atom stereocenters. The lowest BCUT2D eigenvalue weighted by Gasteiger charge is -2.24. The van der Waals surface area contributed by atoms with Crippen molar-refractivity contribution in [2.75, 3.05) is 11.4 Å². The highest BCUT2D eigenvalue weighted by molar-refractivity contribution is 5.95. The zero-order valence-corrected chi connectivity index (χ0v) is 11.7. The van der Waals surface area contributed by atoms with Gasteiger partial charge in [-0.3, -0.25) is 5.41 Å². The molecule has 3 nitrogen and oxygen atoms in total. The van der Waals surface area contributed by atoms with E-state index in [1.165, 1.54) is 18.2 Å². The van der Waals surface area contributed by atoms with Crippen LogP contribution in [0.25, 0.3) is 0 Å². The molecular formula is C16H17F2N3. The van der Waals surface area contributed by atoms with Gasteiger partial charge in [0.2, 0.25) is 0 Å². The van der Waals surface area contributed by atoms with E-state index in [-0.39, 0.29) is 23.8 Å². The largest absolute Gasteiger partial charge is 0.384 e. The van der Waals surface area contributed by atoms with E-state index in [0.717, 1.165) is 0 Å². The predicted octanol–water partition coefficient (Wildman–Crippen LogP) is 3.28. The molecule has 0 saturated carbocycles. The normalized spacial score (nSPS) is 10.4. The number of benzene rings is 2. The van der Waals surface area contributed by atoms with Crippen LogP contribution in [-0.2, 0) is 6.54 Å². The van der Waals surface area contributed by atoms with Crippen LogP contribution in [0.15, 0.2) is 42.5 Å². The van der Waals surface area contributed by atoms with Crippen LogP contribution < -0.4 is 10.6 Å². The van der Waals surface area contributed by atoms with E-state index < -0.39 is 5.82 Å². The summed E-state index contributed by atoms with van der Waals surface area (Å²) in [4.78, 5) is 1.85. The molecule has 2 aromatic carbocycles. The third-order valence-electron chi connectivity index (χ3n) is 3.29. The molecule has 0 aliphatic heterocycles. The number of rotatable bonds is 5. The molecule has 0 aliphatic rings. The Balaban J connectivity index is 2.31. The number of amidine groups is 1. The van der Waals surface area contributed by atoms with Crippen LogP contribution in [0.1, 0.15) is 18.1 Å². The van der Waals surface area contributed by atoms with Gasteiger partial charge in [-0.05, 0) is 31.2 Å². The average molecular weight is 289 g/mol. The Morgan fingerprint density at radius 1 is 1.19 bits per heavy atom. The maximum Gasteiger partial charge on any atom is 0.139 e. The number of nitrogens with two attached hydrogens (primary N) is 1. The Kier molecular flexibility index (Phi) is 4.52. The minimum atomic E-state index is -0.500. The van der Waals surface area contributed by atoms with E-state index >= 15 is 0 Å². The van der Waals surface area contributed by atoms with Crippen molar-refractivity contribution in [3.63, 3.8) is 0 Å². The summed E-state index contributed by atoms with van der Waals surface area (Å²) in [5.74, 6) is -1.13. The van der Waals surface area contributed by atoms with E-state index in [9.17, 15) is 8.78 Å². The van der Waals surface area contributed by atoms with Crippen LogP contribution in [0.2, 0.25) is 0 Å². The van der Waals surface area contributed by atoms with Crippen molar-refractivity contribution in [1.29, 1.82) is 5.41 Å². The van der Waals surface area contributed by atoms with Crippen LogP contribution in [0.3, 0.4) is 0 Å². The molecule has 3 N–H and O–H groups in total. The minimum absolute atomic E-state index is 0.0859. The van der Waals surface area contributed by atoms with Crippen molar-refractivity contribution in [1.82, 2.24) is 0 Å². The van der Waals surface area contributed by atoms with Crippen molar-refractivity contribution in [3.8, 4) is 0 Å². The number of nitrogen functional groups attached to an aromatic ring is 1. The first-order chi connectivity index (χ1) is 10.0. The molecule has 5 heteroatoms. The molecule has 2 aromatic rings. The number of hydrogen-bond acceptors (Lipinski definition) is 2. The van der Waals surface area contributed by atoms with E-state index in [1.54, 1.807) is 24.3 Å². The molecule has 0 radical (unpaired) electrons. The van der Waals surface area contributed by atoms with Crippen molar-refractivity contribution in [2.45, 2.75) is 13.5 Å². The Hall–Kier alpha value is -2.43. The van der Waals surface area contributed by atoms with Gasteiger partial charge in [0, 0.05) is 24.3 Å². The van der Waals surface area contributed by atoms with Crippen LogP contribution in [0, 0.1) is 17.0 Å². The van der Waals surface area contributed by atoms with Crippen molar-refractivity contribution < 1.29 is 8.78 Å². The van der Waals surface area contributed by atoms with Gasteiger partial charge >= 0.3 is 0 Å². The first kappa shape index (κ1) is 15.0. The Morgan fingerprint density at radius 3 is 2.52 bits per heavy atom. The maximum atomic E-state index is 14.3. The molecule has 0 fully saturated rings. The molecule has 0 spiro atoms. The summed E-state index contributed by atoms with van der Waals surface area (Å²) in [5.41, 5.74) is 6.55. The molecule has 0 unspecified atom stereocenters. The van der Waals surface area contributed by atoms with Gasteiger partial charge in [-0.25, -0.2) is 8.78 Å². The Morgan fingerprint density at radius 2 is 1.90 bits per heavy atom. The zero-order chi connectivity index (χ0) is 15.4. The van der Waals surface area contributed by atoms with Gasteiger partial charge in [0.05, 0.1) is 5.56 Å². The highest BCUT2D eigenvalue weighted by Gasteiger charge is 2.13. The fraction of sp³-hybridized carbons (Fsp3) is 0.188. The first-order valence-electron chi connectivity index (χ1n) is 6.65. The van der Waals surface area contributed by atoms with Crippen LogP contribution >= 0.6 is 0 Å². The highest BCUT2D eigenvalue weighted by atomic mass is 19.1. The van der Waals surface area contributed by atoms with Gasteiger partial charge in [-0.1, -0.05) is 18.2 Å². The standard InChI is InChI=1S/C16H17F2N3/c1-2-21(13-7-4-6-12(17)9-13)10-11-5-3-8-14(15(11)18)16(19)20/h3-9H,2,10H2,1H3,(H3,19,20). The van der Waals surface area contributed by atoms with Gasteiger partial charge < -0.3 is 10.6 Å². The predicted molar refractivity (Wildman–Crippen MR) is 80.5 cm³/mol. The molecule has 0 aliphatic carbocycles. The number of nitrogens with one attached hydrogen (secondary N) is 1. The molecular weight excluding hydrogens is 272 g/mol. The van der Waals surface area contributed by atoms with Crippen LogP contribution in [0.5, 0.6) is 0 Å². The number of hydrogen-bond donors (Lipinski definition) is 2. The molecule has 110 valence electrons. The van der Waals surface area contributed by atoms with Crippen molar-refractivity contribution in [3.05, 3.63) is 65.2 Å². The summed E-state index contributed by atoms with van der Waals surface area (Å²) in [5, 5.41) is 7.37. The number of anilines is 1. The molecule has 0 saturated heterocycles. The van der Waals surface area contributed by atoms with Gasteiger partial charge in [-0.15, -0.1) is 0 Å². The van der Waals surface area contributed by atoms with Gasteiger partial charge in [-0.2, -0.15) is 0 Å². The average Bonchev–Trinajstić information content (AvgIpc) is 2.46. The third-order valence-corrected chi connectivity index (χ3v) is 3.29. The second-order valence-electron chi connectivity index (χ2n) is 4.69. The summed E-state index contributed by atoms with van der Waals surface area (Å²) in [7, 11) is 0. The first-order valence-corrected chi connectivity index (χ1v) is 6.65. The van der Waals surface area contributed by atoms with E-state index in [2.05, 4.69) is 0 Å². The number of halogens is 2. The van der Waals surface area contributed by atoms with Gasteiger partial charge in [0.25, 0.3) is 0 Å². The van der Waals surface area contributed by atoms with Gasteiger partial charge in [0.15, 0.2) is 0 Å². The Labute approximate surface area is 122 Å². The smallest absolute Gasteiger partial charge is 0.139 e. The quantitative estimate of drug-likeness (QED) is 0.655. The minimum Gasteiger partial charge on any atom is -0.384 e. The summed E-state index contributed by atoms with van der Waals surface area (Å²) in [6.45, 7) is 2.80. The molecule has 0 amide bonds. The zero-order valence-electron chi connectivity index (χ0n) is 11.7.